The summed E-state index contributed by atoms with van der Waals surface area (Å²) in [5.74, 6) is 0.376. The summed E-state index contributed by atoms with van der Waals surface area (Å²) in [6.07, 6.45) is 4.88. The summed E-state index contributed by atoms with van der Waals surface area (Å²) in [5.41, 5.74) is -0.502. The zero-order valence-corrected chi connectivity index (χ0v) is 15.3. The molecule has 0 aliphatic heterocycles. The Hall–Kier alpha value is -2.18. The topological polar surface area (TPSA) is 95.1 Å². The van der Waals surface area contributed by atoms with E-state index in [1.165, 1.54) is 6.20 Å². The maximum absolute atomic E-state index is 12.5. The number of rotatable bonds is 6. The second kappa shape index (κ2) is 7.60. The summed E-state index contributed by atoms with van der Waals surface area (Å²) in [5, 5.41) is 13.2. The Labute approximate surface area is 156 Å². The normalized spacial score (nSPS) is 16.6. The highest BCUT2D eigenvalue weighted by molar-refractivity contribution is 6.30. The van der Waals surface area contributed by atoms with E-state index in [1.54, 1.807) is 19.1 Å². The molecule has 1 aromatic carbocycles. The fourth-order valence-corrected chi connectivity index (χ4v) is 3.12. The lowest BCUT2D eigenvalue weighted by molar-refractivity contribution is 0.0850. The quantitative estimate of drug-likeness (QED) is 0.722. The average molecular weight is 376 g/mol. The highest BCUT2D eigenvalue weighted by Gasteiger charge is 2.28. The minimum absolute atomic E-state index is 0.0520. The molecular formula is C19H22ClN3O3. The molecule has 0 spiro atoms. The van der Waals surface area contributed by atoms with Gasteiger partial charge in [0.25, 0.3) is 11.5 Å². The largest absolute Gasteiger partial charge is 0.394 e. The first kappa shape index (κ1) is 18.6. The molecule has 1 aliphatic carbocycles. The first-order valence-corrected chi connectivity index (χ1v) is 9.05. The molecule has 7 heteroatoms. The molecule has 1 amide bonds. The van der Waals surface area contributed by atoms with Crippen LogP contribution in [0.5, 0.6) is 0 Å². The molecule has 1 aromatic heterocycles. The number of nitrogens with zero attached hydrogens (tertiary/aromatic N) is 1. The molecule has 3 N–H and O–H groups in total. The minimum atomic E-state index is -0.913. The van der Waals surface area contributed by atoms with Crippen molar-refractivity contribution in [3.05, 3.63) is 62.8 Å². The monoisotopic (exact) mass is 375 g/mol. The second-order valence-corrected chi connectivity index (χ2v) is 7.55. The van der Waals surface area contributed by atoms with Crippen LogP contribution in [0.2, 0.25) is 5.02 Å². The highest BCUT2D eigenvalue weighted by Crippen LogP contribution is 2.33. The van der Waals surface area contributed by atoms with Crippen LogP contribution in [-0.4, -0.2) is 33.1 Å². The number of halogens is 1. The van der Waals surface area contributed by atoms with Crippen molar-refractivity contribution in [3.63, 3.8) is 0 Å². The van der Waals surface area contributed by atoms with Crippen LogP contribution in [0.3, 0.4) is 0 Å². The van der Waals surface area contributed by atoms with Crippen molar-refractivity contribution in [2.45, 2.75) is 44.1 Å². The third kappa shape index (κ3) is 4.14. The van der Waals surface area contributed by atoms with Crippen LogP contribution in [0, 0.1) is 0 Å². The van der Waals surface area contributed by atoms with E-state index in [9.17, 15) is 14.7 Å². The molecule has 0 bridgehead atoms. The van der Waals surface area contributed by atoms with Gasteiger partial charge in [-0.3, -0.25) is 9.59 Å². The summed E-state index contributed by atoms with van der Waals surface area (Å²) in [6, 6.07) is 7.18. The number of carbonyl (C=O) groups excluding carboxylic acids is 1. The summed E-state index contributed by atoms with van der Waals surface area (Å²) in [7, 11) is 0. The van der Waals surface area contributed by atoms with Crippen molar-refractivity contribution >= 4 is 17.5 Å². The number of carbonyl (C=O) groups is 1. The van der Waals surface area contributed by atoms with E-state index in [-0.39, 0.29) is 18.1 Å². The number of aromatic nitrogens is 2. The van der Waals surface area contributed by atoms with Crippen molar-refractivity contribution in [1.82, 2.24) is 15.3 Å². The third-order valence-corrected chi connectivity index (χ3v) is 5.08. The lowest BCUT2D eigenvalue weighted by atomic mass is 9.85. The van der Waals surface area contributed by atoms with Gasteiger partial charge in [0.15, 0.2) is 0 Å². The lowest BCUT2D eigenvalue weighted by Crippen LogP contribution is -2.51. The predicted octanol–water partition coefficient (Wildman–Crippen LogP) is 2.41. The number of hydrogen-bond acceptors (Lipinski definition) is 4. The number of aliphatic hydroxyl groups is 1. The van der Waals surface area contributed by atoms with Crippen LogP contribution in [0.4, 0.5) is 0 Å². The van der Waals surface area contributed by atoms with E-state index < -0.39 is 17.0 Å². The van der Waals surface area contributed by atoms with Crippen molar-refractivity contribution < 1.29 is 9.90 Å². The number of hydrogen-bond donors (Lipinski definition) is 3. The third-order valence-electron chi connectivity index (χ3n) is 4.83. The summed E-state index contributed by atoms with van der Waals surface area (Å²) in [4.78, 5) is 31.8. The van der Waals surface area contributed by atoms with Gasteiger partial charge in [-0.1, -0.05) is 30.2 Å². The van der Waals surface area contributed by atoms with Gasteiger partial charge in [0, 0.05) is 17.1 Å². The van der Waals surface area contributed by atoms with Crippen LogP contribution >= 0.6 is 11.6 Å². The second-order valence-electron chi connectivity index (χ2n) is 7.12. The summed E-state index contributed by atoms with van der Waals surface area (Å²) < 4.78 is 0. The first-order valence-electron chi connectivity index (χ1n) is 8.67. The van der Waals surface area contributed by atoms with Gasteiger partial charge in [0.1, 0.15) is 11.4 Å². The van der Waals surface area contributed by atoms with Gasteiger partial charge in [0.05, 0.1) is 12.1 Å². The van der Waals surface area contributed by atoms with E-state index in [4.69, 9.17) is 11.6 Å². The molecule has 0 saturated heterocycles. The number of H-pyrrole nitrogens is 1. The van der Waals surface area contributed by atoms with Crippen molar-refractivity contribution in [2.24, 2.45) is 0 Å². The molecule has 1 aliphatic rings. The maximum atomic E-state index is 12.5. The standard InChI is InChI=1S/C19H22ClN3O3/c1-19(11-24,9-12-5-7-14(20)8-6-12)23-18(26)15-10-21-16(22-17(15)25)13-3-2-4-13/h5-8,10,13,24H,2-4,9,11H2,1H3,(H,23,26)(H,21,22,25). The smallest absolute Gasteiger partial charge is 0.263 e. The number of benzene rings is 1. The van der Waals surface area contributed by atoms with Gasteiger partial charge in [-0.05, 0) is 43.9 Å². The van der Waals surface area contributed by atoms with Crippen molar-refractivity contribution in [3.8, 4) is 0 Å². The molecule has 1 atom stereocenters. The molecule has 1 fully saturated rings. The zero-order valence-electron chi connectivity index (χ0n) is 14.6. The van der Waals surface area contributed by atoms with Crippen molar-refractivity contribution in [2.75, 3.05) is 6.61 Å². The molecule has 0 radical (unpaired) electrons. The van der Waals surface area contributed by atoms with Gasteiger partial charge in [-0.2, -0.15) is 0 Å². The van der Waals surface area contributed by atoms with Gasteiger partial charge in [-0.15, -0.1) is 0 Å². The molecule has 6 nitrogen and oxygen atoms in total. The molecule has 1 saturated carbocycles. The van der Waals surface area contributed by atoms with E-state index in [0.29, 0.717) is 17.3 Å². The maximum Gasteiger partial charge on any atom is 0.263 e. The molecule has 3 rings (SSSR count). The van der Waals surface area contributed by atoms with Gasteiger partial charge in [-0.25, -0.2) is 4.98 Å². The van der Waals surface area contributed by atoms with Crippen LogP contribution < -0.4 is 10.9 Å². The van der Waals surface area contributed by atoms with E-state index in [0.717, 1.165) is 24.8 Å². The molecule has 1 unspecified atom stereocenters. The zero-order chi connectivity index (χ0) is 18.7. The van der Waals surface area contributed by atoms with Gasteiger partial charge >= 0.3 is 0 Å². The number of aromatic amines is 1. The number of aliphatic hydroxyl groups excluding tert-OH is 1. The number of nitrogens with one attached hydrogen (secondary N) is 2. The molecular weight excluding hydrogens is 354 g/mol. The van der Waals surface area contributed by atoms with Crippen LogP contribution in [0.25, 0.3) is 0 Å². The summed E-state index contributed by atoms with van der Waals surface area (Å²) >= 11 is 5.88. The molecule has 1 heterocycles. The SMILES string of the molecule is CC(CO)(Cc1ccc(Cl)cc1)NC(=O)c1cnc(C2CCC2)[nH]c1=O. The van der Waals surface area contributed by atoms with Crippen LogP contribution in [0.15, 0.2) is 35.3 Å². The average Bonchev–Trinajstić information content (AvgIpc) is 2.55. The van der Waals surface area contributed by atoms with Crippen LogP contribution in [-0.2, 0) is 6.42 Å². The Bertz CT molecular complexity index is 846. The predicted molar refractivity (Wildman–Crippen MR) is 99.6 cm³/mol. The Morgan fingerprint density at radius 3 is 2.62 bits per heavy atom. The Morgan fingerprint density at radius 2 is 2.08 bits per heavy atom. The van der Waals surface area contributed by atoms with Crippen LogP contribution in [0.1, 0.15) is 53.8 Å². The fraction of sp³-hybridized carbons (Fsp3) is 0.421. The molecule has 138 valence electrons. The highest BCUT2D eigenvalue weighted by atomic mass is 35.5. The Kier molecular flexibility index (Phi) is 5.44. The summed E-state index contributed by atoms with van der Waals surface area (Å²) in [6.45, 7) is 1.46. The van der Waals surface area contributed by atoms with E-state index in [2.05, 4.69) is 15.3 Å². The van der Waals surface area contributed by atoms with Gasteiger partial charge < -0.3 is 15.4 Å². The lowest BCUT2D eigenvalue weighted by Gasteiger charge is -2.29. The van der Waals surface area contributed by atoms with E-state index >= 15 is 0 Å². The minimum Gasteiger partial charge on any atom is -0.394 e. The Balaban J connectivity index is 1.73. The fourth-order valence-electron chi connectivity index (χ4n) is 2.99. The van der Waals surface area contributed by atoms with Crippen molar-refractivity contribution in [1.29, 1.82) is 0 Å². The molecule has 26 heavy (non-hydrogen) atoms. The van der Waals surface area contributed by atoms with E-state index in [1.807, 2.05) is 12.1 Å². The molecule has 2 aromatic rings. The number of amides is 1. The first-order chi connectivity index (χ1) is 12.4. The Morgan fingerprint density at radius 1 is 1.38 bits per heavy atom. The van der Waals surface area contributed by atoms with Gasteiger partial charge in [0.2, 0.25) is 0 Å².